The number of hydrogen-bond donors (Lipinski definition) is 3. The van der Waals surface area contributed by atoms with Gasteiger partial charge in [-0.2, -0.15) is 0 Å². The first-order chi connectivity index (χ1) is 12.7. The lowest BCUT2D eigenvalue weighted by molar-refractivity contribution is -0.384. The normalized spacial score (nSPS) is 10.7. The molecule has 3 rings (SSSR count). The van der Waals surface area contributed by atoms with E-state index in [4.69, 9.17) is 5.73 Å². The third-order valence-electron chi connectivity index (χ3n) is 3.96. The number of nitrogens with two attached hydrogens (primary N) is 1. The molecule has 0 aliphatic heterocycles. The minimum Gasteiger partial charge on any atom is -0.494 e. The summed E-state index contributed by atoms with van der Waals surface area (Å²) in [5, 5.41) is 23.5. The number of non-ortho nitro benzene ring substituents is 1. The first kappa shape index (κ1) is 17.9. The number of primary amides is 1. The molecular formula is C17H13FN4O5. The number of carbonyl (C=O) groups is 2. The van der Waals surface area contributed by atoms with Crippen molar-refractivity contribution in [3.63, 3.8) is 0 Å². The number of aryl methyl sites for hydroxylation is 1. The SMILES string of the molecule is Cc1ccc(NC(=O)c2c(O)n(C(N)=O)c3ccc([N+](=O)[O-])cc23)c(F)c1. The van der Waals surface area contributed by atoms with E-state index in [1.54, 1.807) is 13.0 Å². The Hall–Kier alpha value is -3.95. The van der Waals surface area contributed by atoms with Crippen molar-refractivity contribution in [1.29, 1.82) is 0 Å². The minimum atomic E-state index is -1.09. The predicted molar refractivity (Wildman–Crippen MR) is 94.3 cm³/mol. The number of hydrogen-bond acceptors (Lipinski definition) is 5. The van der Waals surface area contributed by atoms with Gasteiger partial charge in [-0.3, -0.25) is 14.9 Å². The first-order valence-electron chi connectivity index (χ1n) is 7.60. The van der Waals surface area contributed by atoms with Crippen molar-refractivity contribution in [1.82, 2.24) is 4.57 Å². The maximum Gasteiger partial charge on any atom is 0.326 e. The average Bonchev–Trinajstić information content (AvgIpc) is 2.88. The summed E-state index contributed by atoms with van der Waals surface area (Å²) in [6.45, 7) is 1.67. The highest BCUT2D eigenvalue weighted by atomic mass is 19.1. The van der Waals surface area contributed by atoms with Gasteiger partial charge in [0.15, 0.2) is 0 Å². The molecule has 0 radical (unpaired) electrons. The van der Waals surface area contributed by atoms with Gasteiger partial charge >= 0.3 is 6.03 Å². The van der Waals surface area contributed by atoms with Crippen molar-refractivity contribution in [2.45, 2.75) is 6.92 Å². The summed E-state index contributed by atoms with van der Waals surface area (Å²) >= 11 is 0. The van der Waals surface area contributed by atoms with Gasteiger partial charge in [-0.15, -0.1) is 0 Å². The van der Waals surface area contributed by atoms with Crippen LogP contribution >= 0.6 is 0 Å². The second kappa shape index (κ2) is 6.41. The summed E-state index contributed by atoms with van der Waals surface area (Å²) in [7, 11) is 0. The number of nitro groups is 1. The monoisotopic (exact) mass is 372 g/mol. The summed E-state index contributed by atoms with van der Waals surface area (Å²) < 4.78 is 14.6. The van der Waals surface area contributed by atoms with Crippen molar-refractivity contribution in [3.8, 4) is 5.88 Å². The Morgan fingerprint density at radius 2 is 1.96 bits per heavy atom. The van der Waals surface area contributed by atoms with Gasteiger partial charge in [-0.1, -0.05) is 6.07 Å². The fraction of sp³-hybridized carbons (Fsp3) is 0.0588. The third kappa shape index (κ3) is 3.03. The van der Waals surface area contributed by atoms with Crippen LogP contribution in [0.2, 0.25) is 0 Å². The quantitative estimate of drug-likeness (QED) is 0.479. The second-order valence-electron chi connectivity index (χ2n) is 5.77. The van der Waals surface area contributed by atoms with Crippen LogP contribution < -0.4 is 11.1 Å². The van der Waals surface area contributed by atoms with Crippen LogP contribution in [-0.4, -0.2) is 26.5 Å². The Kier molecular flexibility index (Phi) is 4.24. The molecule has 1 aromatic heterocycles. The molecule has 0 spiro atoms. The summed E-state index contributed by atoms with van der Waals surface area (Å²) in [5.41, 5.74) is 4.90. The number of benzene rings is 2. The van der Waals surface area contributed by atoms with E-state index in [2.05, 4.69) is 5.32 Å². The van der Waals surface area contributed by atoms with Crippen LogP contribution in [0.15, 0.2) is 36.4 Å². The van der Waals surface area contributed by atoms with Gasteiger partial charge in [0.05, 0.1) is 16.1 Å². The molecule has 9 nitrogen and oxygen atoms in total. The number of aromatic hydroxyl groups is 1. The summed E-state index contributed by atoms with van der Waals surface area (Å²) in [6.07, 6.45) is 0. The Labute approximate surface area is 151 Å². The molecule has 138 valence electrons. The Morgan fingerprint density at radius 3 is 2.56 bits per heavy atom. The number of nitrogens with one attached hydrogen (secondary N) is 1. The van der Waals surface area contributed by atoms with Gasteiger partial charge in [0, 0.05) is 17.5 Å². The van der Waals surface area contributed by atoms with E-state index in [0.717, 1.165) is 12.1 Å². The van der Waals surface area contributed by atoms with Crippen molar-refractivity contribution in [2.75, 3.05) is 5.32 Å². The number of amides is 2. The Morgan fingerprint density at radius 1 is 1.26 bits per heavy atom. The highest BCUT2D eigenvalue weighted by molar-refractivity contribution is 6.17. The van der Waals surface area contributed by atoms with Crippen molar-refractivity contribution in [3.05, 3.63) is 63.5 Å². The molecular weight excluding hydrogens is 359 g/mol. The van der Waals surface area contributed by atoms with E-state index >= 15 is 0 Å². The van der Waals surface area contributed by atoms with Gasteiger partial charge in [0.2, 0.25) is 5.88 Å². The minimum absolute atomic E-state index is 0.000119. The van der Waals surface area contributed by atoms with Gasteiger partial charge in [0.25, 0.3) is 11.6 Å². The molecule has 27 heavy (non-hydrogen) atoms. The van der Waals surface area contributed by atoms with Gasteiger partial charge in [0.1, 0.15) is 11.4 Å². The van der Waals surface area contributed by atoms with E-state index in [-0.39, 0.29) is 22.3 Å². The lowest BCUT2D eigenvalue weighted by Gasteiger charge is -2.07. The molecule has 0 aliphatic carbocycles. The predicted octanol–water partition coefficient (Wildman–Crippen LogP) is 2.88. The molecule has 3 aromatic rings. The zero-order valence-electron chi connectivity index (χ0n) is 13.9. The fourth-order valence-corrected chi connectivity index (χ4v) is 2.73. The fourth-order valence-electron chi connectivity index (χ4n) is 2.73. The van der Waals surface area contributed by atoms with E-state index in [9.17, 15) is 29.2 Å². The van der Waals surface area contributed by atoms with Crippen molar-refractivity contribution in [2.24, 2.45) is 5.73 Å². The number of anilines is 1. The van der Waals surface area contributed by atoms with Crippen molar-refractivity contribution < 1.29 is 24.0 Å². The number of rotatable bonds is 3. The topological polar surface area (TPSA) is 140 Å². The summed E-state index contributed by atoms with van der Waals surface area (Å²) in [5.74, 6) is -2.46. The van der Waals surface area contributed by atoms with Gasteiger partial charge in [-0.25, -0.2) is 13.8 Å². The molecule has 2 amide bonds. The maximum absolute atomic E-state index is 14.0. The molecule has 0 fully saturated rings. The number of nitro benzene ring substituents is 1. The number of nitrogens with zero attached hydrogens (tertiary/aromatic N) is 2. The number of carbonyl (C=O) groups excluding carboxylic acids is 2. The van der Waals surface area contributed by atoms with Gasteiger partial charge in [-0.05, 0) is 30.7 Å². The van der Waals surface area contributed by atoms with E-state index < -0.39 is 34.1 Å². The van der Waals surface area contributed by atoms with Crippen LogP contribution in [0.3, 0.4) is 0 Å². The Balaban J connectivity index is 2.18. The van der Waals surface area contributed by atoms with E-state index in [1.165, 1.54) is 18.2 Å². The lowest BCUT2D eigenvalue weighted by atomic mass is 10.1. The Bertz CT molecular complexity index is 1120. The molecule has 10 heteroatoms. The van der Waals surface area contributed by atoms with Gasteiger partial charge < -0.3 is 16.2 Å². The maximum atomic E-state index is 14.0. The molecule has 1 heterocycles. The van der Waals surface area contributed by atoms with Crippen LogP contribution in [-0.2, 0) is 0 Å². The van der Waals surface area contributed by atoms with Crippen LogP contribution in [0.25, 0.3) is 10.9 Å². The van der Waals surface area contributed by atoms with E-state index in [1.807, 2.05) is 0 Å². The first-order valence-corrected chi connectivity index (χ1v) is 7.60. The zero-order chi connectivity index (χ0) is 19.9. The van der Waals surface area contributed by atoms with Crippen LogP contribution in [0, 0.1) is 22.9 Å². The number of fused-ring (bicyclic) bond motifs is 1. The molecule has 2 aromatic carbocycles. The second-order valence-corrected chi connectivity index (χ2v) is 5.77. The van der Waals surface area contributed by atoms with E-state index in [0.29, 0.717) is 10.1 Å². The molecule has 0 aliphatic rings. The molecule has 0 saturated heterocycles. The molecule has 0 bridgehead atoms. The summed E-state index contributed by atoms with van der Waals surface area (Å²) in [4.78, 5) is 34.6. The average molecular weight is 372 g/mol. The van der Waals surface area contributed by atoms with Crippen LogP contribution in [0.4, 0.5) is 20.6 Å². The largest absolute Gasteiger partial charge is 0.494 e. The van der Waals surface area contributed by atoms with Crippen LogP contribution in [0.1, 0.15) is 15.9 Å². The summed E-state index contributed by atoms with van der Waals surface area (Å²) in [6, 6.07) is 6.31. The van der Waals surface area contributed by atoms with Crippen LogP contribution in [0.5, 0.6) is 5.88 Å². The number of aromatic nitrogens is 1. The lowest BCUT2D eigenvalue weighted by Crippen LogP contribution is -2.19. The van der Waals surface area contributed by atoms with Crippen molar-refractivity contribution >= 4 is 34.2 Å². The zero-order valence-corrected chi connectivity index (χ0v) is 13.9. The number of halogens is 1. The molecule has 4 N–H and O–H groups in total. The standard InChI is InChI=1S/C17H13FN4O5/c1-8-2-4-12(11(18)6-8)20-15(23)14-10-7-9(22(26)27)3-5-13(10)21(16(14)24)17(19)25/h2-7,24H,1H3,(H2,19,25)(H,20,23). The smallest absolute Gasteiger partial charge is 0.326 e. The molecule has 0 saturated carbocycles. The highest BCUT2D eigenvalue weighted by Crippen LogP contribution is 2.34. The third-order valence-corrected chi connectivity index (χ3v) is 3.96. The molecule has 0 atom stereocenters. The molecule has 0 unspecified atom stereocenters. The highest BCUT2D eigenvalue weighted by Gasteiger charge is 2.27.